The summed E-state index contributed by atoms with van der Waals surface area (Å²) < 4.78 is 12.0. The minimum absolute atomic E-state index is 0.141. The second-order valence-corrected chi connectivity index (χ2v) is 8.89. The minimum atomic E-state index is -0.275. The molecule has 34 heavy (non-hydrogen) atoms. The first-order valence-electron chi connectivity index (χ1n) is 10.1. The Bertz CT molecular complexity index is 1240. The van der Waals surface area contributed by atoms with Crippen LogP contribution in [0.5, 0.6) is 11.5 Å². The highest BCUT2D eigenvalue weighted by atomic mass is 79.9. The third-order valence-electron chi connectivity index (χ3n) is 4.49. The lowest BCUT2D eigenvalue weighted by Crippen LogP contribution is -2.19. The van der Waals surface area contributed by atoms with Gasteiger partial charge in [0.25, 0.3) is 5.91 Å². The van der Waals surface area contributed by atoms with Crippen LogP contribution >= 0.6 is 27.7 Å². The van der Waals surface area contributed by atoms with Gasteiger partial charge in [-0.25, -0.2) is 15.4 Å². The average Bonchev–Trinajstić information content (AvgIpc) is 2.82. The molecule has 10 heteroatoms. The van der Waals surface area contributed by atoms with Crippen molar-refractivity contribution in [3.05, 3.63) is 75.0 Å². The number of hydrogen-bond donors (Lipinski definition) is 1. The Morgan fingerprint density at radius 2 is 1.94 bits per heavy atom. The second-order valence-electron chi connectivity index (χ2n) is 7.10. The largest absolute Gasteiger partial charge is 0.493 e. The monoisotopic (exact) mass is 539 g/mol. The van der Waals surface area contributed by atoms with Crippen LogP contribution in [-0.2, 0) is 11.4 Å². The molecule has 1 amide bonds. The molecule has 0 aliphatic heterocycles. The first-order chi connectivity index (χ1) is 16.4. The van der Waals surface area contributed by atoms with Crippen molar-refractivity contribution in [3.8, 4) is 17.6 Å². The molecule has 0 fully saturated rings. The van der Waals surface area contributed by atoms with Crippen LogP contribution < -0.4 is 14.9 Å². The van der Waals surface area contributed by atoms with Crippen molar-refractivity contribution < 1.29 is 14.3 Å². The number of thioether (sulfide) groups is 1. The molecule has 0 radical (unpaired) electrons. The number of nitrogens with one attached hydrogen (secondary N) is 1. The third-order valence-corrected chi connectivity index (χ3v) is 6.03. The van der Waals surface area contributed by atoms with E-state index in [1.807, 2.05) is 38.1 Å². The number of amides is 1. The number of benzene rings is 2. The Hall–Kier alpha value is -3.42. The van der Waals surface area contributed by atoms with E-state index in [0.29, 0.717) is 32.3 Å². The number of hydrazone groups is 1. The highest BCUT2D eigenvalue weighted by molar-refractivity contribution is 9.10. The molecule has 3 aromatic rings. The zero-order valence-corrected chi connectivity index (χ0v) is 21.2. The fraction of sp³-hybridized carbons (Fsp3) is 0.208. The molecule has 8 nitrogen and oxygen atoms in total. The maximum Gasteiger partial charge on any atom is 0.250 e. The summed E-state index contributed by atoms with van der Waals surface area (Å²) in [6.07, 6.45) is 1.51. The molecule has 0 bridgehead atoms. The van der Waals surface area contributed by atoms with E-state index in [4.69, 9.17) is 9.47 Å². The first kappa shape index (κ1) is 25.2. The van der Waals surface area contributed by atoms with Gasteiger partial charge in [0, 0.05) is 27.0 Å². The summed E-state index contributed by atoms with van der Waals surface area (Å²) >= 11 is 4.74. The topological polar surface area (TPSA) is 109 Å². The quantitative estimate of drug-likeness (QED) is 0.183. The van der Waals surface area contributed by atoms with Crippen LogP contribution in [0.15, 0.2) is 57.2 Å². The summed E-state index contributed by atoms with van der Waals surface area (Å²) in [7, 11) is 1.54. The minimum Gasteiger partial charge on any atom is -0.493 e. The van der Waals surface area contributed by atoms with E-state index in [1.54, 1.807) is 18.2 Å². The summed E-state index contributed by atoms with van der Waals surface area (Å²) in [5, 5.41) is 13.8. The molecule has 0 aliphatic carbocycles. The number of hydrogen-bond acceptors (Lipinski definition) is 8. The van der Waals surface area contributed by atoms with E-state index in [1.165, 1.54) is 25.1 Å². The first-order valence-corrected chi connectivity index (χ1v) is 11.9. The van der Waals surface area contributed by atoms with Crippen LogP contribution in [0.25, 0.3) is 0 Å². The van der Waals surface area contributed by atoms with Gasteiger partial charge in [-0.2, -0.15) is 10.4 Å². The van der Waals surface area contributed by atoms with Crippen molar-refractivity contribution in [2.45, 2.75) is 25.6 Å². The summed E-state index contributed by atoms with van der Waals surface area (Å²) in [6.45, 7) is 3.99. The molecule has 2 aromatic carbocycles. The summed E-state index contributed by atoms with van der Waals surface area (Å²) in [5.74, 6) is 0.867. The molecule has 1 N–H and O–H groups in total. The summed E-state index contributed by atoms with van der Waals surface area (Å²) in [5.41, 5.74) is 6.23. The van der Waals surface area contributed by atoms with Gasteiger partial charge in [0.15, 0.2) is 16.7 Å². The Morgan fingerprint density at radius 1 is 1.21 bits per heavy atom. The highest BCUT2D eigenvalue weighted by Gasteiger charge is 2.11. The third kappa shape index (κ3) is 7.04. The molecular weight excluding hydrogens is 518 g/mol. The lowest BCUT2D eigenvalue weighted by Gasteiger charge is -2.13. The number of carbonyl (C=O) groups is 1. The number of ether oxygens (including phenoxy) is 2. The predicted molar refractivity (Wildman–Crippen MR) is 134 cm³/mol. The van der Waals surface area contributed by atoms with Crippen molar-refractivity contribution in [2.75, 3.05) is 12.9 Å². The predicted octanol–water partition coefficient (Wildman–Crippen LogP) is 4.56. The summed E-state index contributed by atoms with van der Waals surface area (Å²) in [4.78, 5) is 20.7. The number of nitrogens with zero attached hydrogens (tertiary/aromatic N) is 4. The van der Waals surface area contributed by atoms with E-state index >= 15 is 0 Å². The lowest BCUT2D eigenvalue weighted by atomic mass is 10.1. The SMILES string of the molecule is COc1cc(/C=N\NC(=O)CSc2nc(C)cc(C)n2)c(Br)cc1OCc1ccccc1C#N. The molecule has 0 aliphatic rings. The van der Waals surface area contributed by atoms with Crippen molar-refractivity contribution in [2.24, 2.45) is 5.10 Å². The number of aromatic nitrogens is 2. The van der Waals surface area contributed by atoms with Gasteiger partial charge in [-0.3, -0.25) is 4.79 Å². The van der Waals surface area contributed by atoms with Crippen LogP contribution in [0.3, 0.4) is 0 Å². The van der Waals surface area contributed by atoms with Crippen molar-refractivity contribution in [3.63, 3.8) is 0 Å². The van der Waals surface area contributed by atoms with E-state index in [-0.39, 0.29) is 18.3 Å². The standard InChI is InChI=1S/C24H22BrN5O3S/c1-15-8-16(2)29-24(28-15)34-14-23(31)30-27-12-19-9-21(32-3)22(10-20(19)25)33-13-18-7-5-4-6-17(18)11-26/h4-10,12H,13-14H2,1-3H3,(H,30,31)/b27-12-. The van der Waals surface area contributed by atoms with Crippen molar-refractivity contribution in [1.29, 1.82) is 5.26 Å². The molecule has 0 unspecified atom stereocenters. The van der Waals surface area contributed by atoms with Gasteiger partial charge in [-0.15, -0.1) is 0 Å². The van der Waals surface area contributed by atoms with Crippen LogP contribution in [0.1, 0.15) is 28.1 Å². The summed E-state index contributed by atoms with van der Waals surface area (Å²) in [6, 6.07) is 14.8. The number of halogens is 1. The van der Waals surface area contributed by atoms with Crippen molar-refractivity contribution in [1.82, 2.24) is 15.4 Å². The van der Waals surface area contributed by atoms with E-state index < -0.39 is 0 Å². The molecule has 3 rings (SSSR count). The number of rotatable bonds is 9. The van der Waals surface area contributed by atoms with Crippen LogP contribution in [-0.4, -0.2) is 35.0 Å². The normalized spacial score (nSPS) is 10.7. The van der Waals surface area contributed by atoms with Gasteiger partial charge in [0.2, 0.25) is 0 Å². The average molecular weight is 540 g/mol. The number of nitriles is 1. The smallest absolute Gasteiger partial charge is 0.250 e. The number of carbonyl (C=O) groups excluding carboxylic acids is 1. The van der Waals surface area contributed by atoms with Gasteiger partial charge in [-0.1, -0.05) is 30.0 Å². The molecule has 0 saturated carbocycles. The maximum absolute atomic E-state index is 12.1. The van der Waals surface area contributed by atoms with Gasteiger partial charge in [-0.05, 0) is 54.0 Å². The van der Waals surface area contributed by atoms with Crippen LogP contribution in [0, 0.1) is 25.2 Å². The van der Waals surface area contributed by atoms with Gasteiger partial charge in [0.05, 0.1) is 30.7 Å². The molecule has 1 aromatic heterocycles. The Kier molecular flexibility index (Phi) is 9.01. The molecule has 0 atom stereocenters. The Labute approximate surface area is 210 Å². The molecule has 0 saturated heterocycles. The van der Waals surface area contributed by atoms with Crippen molar-refractivity contribution >= 4 is 39.8 Å². The molecular formula is C24H22BrN5O3S. The fourth-order valence-electron chi connectivity index (χ4n) is 2.93. The Balaban J connectivity index is 1.61. The van der Waals surface area contributed by atoms with E-state index in [9.17, 15) is 10.1 Å². The van der Waals surface area contributed by atoms with Crippen LogP contribution in [0.4, 0.5) is 0 Å². The molecule has 0 spiro atoms. The Morgan fingerprint density at radius 3 is 2.65 bits per heavy atom. The lowest BCUT2D eigenvalue weighted by molar-refractivity contribution is -0.118. The van der Waals surface area contributed by atoms with Crippen LogP contribution in [0.2, 0.25) is 0 Å². The molecule has 1 heterocycles. The van der Waals surface area contributed by atoms with E-state index in [0.717, 1.165) is 17.0 Å². The van der Waals surface area contributed by atoms with E-state index in [2.05, 4.69) is 42.5 Å². The maximum atomic E-state index is 12.1. The zero-order chi connectivity index (χ0) is 24.5. The fourth-order valence-corrected chi connectivity index (χ4v) is 4.09. The molecule has 174 valence electrons. The number of methoxy groups -OCH3 is 1. The van der Waals surface area contributed by atoms with Gasteiger partial charge in [0.1, 0.15) is 6.61 Å². The van der Waals surface area contributed by atoms with Gasteiger partial charge >= 0.3 is 0 Å². The van der Waals surface area contributed by atoms with Gasteiger partial charge < -0.3 is 9.47 Å². The zero-order valence-electron chi connectivity index (χ0n) is 18.8. The highest BCUT2D eigenvalue weighted by Crippen LogP contribution is 2.33. The second kappa shape index (κ2) is 12.2. The number of aryl methyl sites for hydroxylation is 2.